The summed E-state index contributed by atoms with van der Waals surface area (Å²) in [6.45, 7) is 8.75. The van der Waals surface area contributed by atoms with E-state index in [2.05, 4.69) is 19.2 Å². The first kappa shape index (κ1) is 18.4. The van der Waals surface area contributed by atoms with Gasteiger partial charge in [-0.2, -0.15) is 4.31 Å². The van der Waals surface area contributed by atoms with E-state index in [0.717, 1.165) is 17.7 Å². The van der Waals surface area contributed by atoms with E-state index < -0.39 is 10.0 Å². The zero-order valence-electron chi connectivity index (χ0n) is 14.2. The van der Waals surface area contributed by atoms with Gasteiger partial charge in [0.1, 0.15) is 4.21 Å². The van der Waals surface area contributed by atoms with E-state index in [4.69, 9.17) is 0 Å². The molecule has 7 heteroatoms. The molecule has 0 aliphatic carbocycles. The average Bonchev–Trinajstić information content (AvgIpc) is 2.94. The van der Waals surface area contributed by atoms with Crippen molar-refractivity contribution in [2.45, 2.75) is 50.8 Å². The van der Waals surface area contributed by atoms with Gasteiger partial charge in [0.25, 0.3) is 10.0 Å². The topological polar surface area (TPSA) is 66.5 Å². The summed E-state index contributed by atoms with van der Waals surface area (Å²) in [4.78, 5) is 13.4. The number of hydrogen-bond donors (Lipinski definition) is 1. The highest BCUT2D eigenvalue weighted by atomic mass is 32.2. The van der Waals surface area contributed by atoms with Gasteiger partial charge in [-0.15, -0.1) is 11.3 Å². The van der Waals surface area contributed by atoms with Gasteiger partial charge >= 0.3 is 0 Å². The standard InChI is InChI=1S/C16H26N2O3S2/c1-11(2)13(4)17-16(19)14-6-5-9-18(10-14)23(20,21)15-8-7-12(3)22-15/h7-8,11,13-14H,5-6,9-10H2,1-4H3,(H,17,19). The maximum atomic E-state index is 12.7. The Morgan fingerprint density at radius 2 is 2.04 bits per heavy atom. The monoisotopic (exact) mass is 358 g/mol. The Morgan fingerprint density at radius 1 is 1.35 bits per heavy atom. The van der Waals surface area contributed by atoms with Gasteiger partial charge in [-0.1, -0.05) is 13.8 Å². The second-order valence-corrected chi connectivity index (χ2v) is 10.1. The van der Waals surface area contributed by atoms with Crippen LogP contribution < -0.4 is 5.32 Å². The fourth-order valence-electron chi connectivity index (χ4n) is 2.56. The largest absolute Gasteiger partial charge is 0.353 e. The molecule has 5 nitrogen and oxygen atoms in total. The molecule has 23 heavy (non-hydrogen) atoms. The lowest BCUT2D eigenvalue weighted by Crippen LogP contribution is -2.47. The number of nitrogens with zero attached hydrogens (tertiary/aromatic N) is 1. The van der Waals surface area contributed by atoms with Crippen LogP contribution in [0.1, 0.15) is 38.5 Å². The van der Waals surface area contributed by atoms with Gasteiger partial charge in [-0.25, -0.2) is 8.42 Å². The second-order valence-electron chi connectivity index (χ2n) is 6.61. The van der Waals surface area contributed by atoms with Crippen LogP contribution in [0.25, 0.3) is 0 Å². The van der Waals surface area contributed by atoms with Gasteiger partial charge in [0.2, 0.25) is 5.91 Å². The van der Waals surface area contributed by atoms with E-state index in [9.17, 15) is 13.2 Å². The third-order valence-corrected chi connectivity index (χ3v) is 7.77. The molecular weight excluding hydrogens is 332 g/mol. The molecule has 0 saturated carbocycles. The Balaban J connectivity index is 2.07. The third kappa shape index (κ3) is 4.33. The van der Waals surface area contributed by atoms with E-state index in [1.165, 1.54) is 15.6 Å². The predicted octanol–water partition coefficient (Wildman–Crippen LogP) is 2.62. The average molecular weight is 359 g/mol. The Hall–Kier alpha value is -0.920. The zero-order valence-corrected chi connectivity index (χ0v) is 15.8. The molecule has 0 aromatic carbocycles. The Morgan fingerprint density at radius 3 is 2.61 bits per heavy atom. The number of hydrogen-bond acceptors (Lipinski definition) is 4. The minimum atomic E-state index is -3.48. The van der Waals surface area contributed by atoms with Crippen LogP contribution in [0.5, 0.6) is 0 Å². The molecule has 130 valence electrons. The summed E-state index contributed by atoms with van der Waals surface area (Å²) in [7, 11) is -3.48. The fourth-order valence-corrected chi connectivity index (χ4v) is 5.52. The van der Waals surface area contributed by atoms with Gasteiger partial charge in [0.15, 0.2) is 0 Å². The van der Waals surface area contributed by atoms with Crippen LogP contribution in [-0.2, 0) is 14.8 Å². The molecule has 2 heterocycles. The highest BCUT2D eigenvalue weighted by Gasteiger charge is 2.34. The molecule has 1 aromatic rings. The van der Waals surface area contributed by atoms with E-state index in [1.807, 2.05) is 19.9 Å². The molecule has 1 amide bonds. The summed E-state index contributed by atoms with van der Waals surface area (Å²) in [6.07, 6.45) is 1.46. The number of carbonyl (C=O) groups is 1. The van der Waals surface area contributed by atoms with Crippen molar-refractivity contribution in [1.82, 2.24) is 9.62 Å². The molecule has 2 rings (SSSR count). The molecule has 0 spiro atoms. The van der Waals surface area contributed by atoms with Gasteiger partial charge in [-0.05, 0) is 44.7 Å². The molecule has 1 N–H and O–H groups in total. The number of piperidine rings is 1. The molecule has 2 atom stereocenters. The summed E-state index contributed by atoms with van der Waals surface area (Å²) in [5.41, 5.74) is 0. The summed E-state index contributed by atoms with van der Waals surface area (Å²) in [5, 5.41) is 3.01. The van der Waals surface area contributed by atoms with Crippen molar-refractivity contribution >= 4 is 27.3 Å². The third-order valence-electron chi connectivity index (χ3n) is 4.43. The van der Waals surface area contributed by atoms with E-state index in [1.54, 1.807) is 6.07 Å². The van der Waals surface area contributed by atoms with Crippen molar-refractivity contribution < 1.29 is 13.2 Å². The normalized spacial score (nSPS) is 21.3. The predicted molar refractivity (Wildman–Crippen MR) is 93.0 cm³/mol. The van der Waals surface area contributed by atoms with Crippen molar-refractivity contribution in [1.29, 1.82) is 0 Å². The minimum absolute atomic E-state index is 0.0338. The fraction of sp³-hybridized carbons (Fsp3) is 0.688. The number of nitrogens with one attached hydrogen (secondary N) is 1. The number of rotatable bonds is 5. The van der Waals surface area contributed by atoms with E-state index in [0.29, 0.717) is 16.7 Å². The van der Waals surface area contributed by atoms with Crippen LogP contribution in [0.4, 0.5) is 0 Å². The van der Waals surface area contributed by atoms with E-state index in [-0.39, 0.29) is 24.4 Å². The van der Waals surface area contributed by atoms with Gasteiger partial charge < -0.3 is 5.32 Å². The molecule has 2 unspecified atom stereocenters. The Labute approximate surface area is 143 Å². The maximum Gasteiger partial charge on any atom is 0.252 e. The van der Waals surface area contributed by atoms with Gasteiger partial charge in [0, 0.05) is 24.0 Å². The molecule has 1 aromatic heterocycles. The van der Waals surface area contributed by atoms with Crippen LogP contribution >= 0.6 is 11.3 Å². The Bertz CT molecular complexity index is 652. The number of aryl methyl sites for hydroxylation is 1. The van der Waals surface area contributed by atoms with Crippen LogP contribution in [0.15, 0.2) is 16.3 Å². The van der Waals surface area contributed by atoms with Crippen molar-refractivity contribution in [2.24, 2.45) is 11.8 Å². The number of amides is 1. The molecular formula is C16H26N2O3S2. The molecule has 0 radical (unpaired) electrons. The van der Waals surface area contributed by atoms with Crippen molar-refractivity contribution in [3.8, 4) is 0 Å². The smallest absolute Gasteiger partial charge is 0.252 e. The van der Waals surface area contributed by atoms with Crippen molar-refractivity contribution in [3.63, 3.8) is 0 Å². The quantitative estimate of drug-likeness (QED) is 0.880. The number of carbonyl (C=O) groups excluding carboxylic acids is 1. The van der Waals surface area contributed by atoms with Crippen molar-refractivity contribution in [2.75, 3.05) is 13.1 Å². The van der Waals surface area contributed by atoms with Crippen LogP contribution in [0.2, 0.25) is 0 Å². The molecule has 1 aliphatic heterocycles. The Kier molecular flexibility index (Phi) is 5.86. The second kappa shape index (κ2) is 7.32. The van der Waals surface area contributed by atoms with Crippen LogP contribution in [0, 0.1) is 18.8 Å². The van der Waals surface area contributed by atoms with Gasteiger partial charge in [0.05, 0.1) is 5.92 Å². The SMILES string of the molecule is Cc1ccc(S(=O)(=O)N2CCCC(C(=O)NC(C)C(C)C)C2)s1. The van der Waals surface area contributed by atoms with Crippen LogP contribution in [-0.4, -0.2) is 37.8 Å². The van der Waals surface area contributed by atoms with Gasteiger partial charge in [-0.3, -0.25) is 4.79 Å². The number of thiophene rings is 1. The maximum absolute atomic E-state index is 12.7. The molecule has 0 bridgehead atoms. The summed E-state index contributed by atoms with van der Waals surface area (Å²) < 4.78 is 27.2. The lowest BCUT2D eigenvalue weighted by molar-refractivity contribution is -0.127. The highest BCUT2D eigenvalue weighted by molar-refractivity contribution is 7.91. The highest BCUT2D eigenvalue weighted by Crippen LogP contribution is 2.28. The summed E-state index contributed by atoms with van der Waals surface area (Å²) in [5.74, 6) is 0.0608. The van der Waals surface area contributed by atoms with Crippen molar-refractivity contribution in [3.05, 3.63) is 17.0 Å². The van der Waals surface area contributed by atoms with E-state index >= 15 is 0 Å². The minimum Gasteiger partial charge on any atom is -0.353 e. The first-order valence-electron chi connectivity index (χ1n) is 8.08. The van der Waals surface area contributed by atoms with Crippen LogP contribution in [0.3, 0.4) is 0 Å². The number of sulfonamides is 1. The molecule has 1 saturated heterocycles. The first-order chi connectivity index (χ1) is 10.7. The summed E-state index contributed by atoms with van der Waals surface area (Å²) in [6, 6.07) is 3.56. The molecule has 1 aliphatic rings. The summed E-state index contributed by atoms with van der Waals surface area (Å²) >= 11 is 1.28. The lowest BCUT2D eigenvalue weighted by atomic mass is 9.97. The lowest BCUT2D eigenvalue weighted by Gasteiger charge is -2.31. The zero-order chi connectivity index (χ0) is 17.2. The first-order valence-corrected chi connectivity index (χ1v) is 10.3. The molecule has 1 fully saturated rings.